The van der Waals surface area contributed by atoms with Gasteiger partial charge in [0, 0.05) is 5.56 Å². The lowest BCUT2D eigenvalue weighted by Gasteiger charge is -2.53. The normalized spacial score (nSPS) is 28.1. The lowest BCUT2D eigenvalue weighted by molar-refractivity contribution is -0.157. The quantitative estimate of drug-likeness (QED) is 0.268. The highest BCUT2D eigenvalue weighted by atomic mass is 16.6. The van der Waals surface area contributed by atoms with Crippen LogP contribution in [-0.2, 0) is 21.5 Å². The van der Waals surface area contributed by atoms with Crippen LogP contribution in [0.2, 0.25) is 0 Å². The number of hydrogen-bond donors (Lipinski definition) is 1. The van der Waals surface area contributed by atoms with Crippen LogP contribution in [0.5, 0.6) is 0 Å². The zero-order valence-corrected chi connectivity index (χ0v) is 19.9. The Morgan fingerprint density at radius 3 is 2.58 bits per heavy atom. The second kappa shape index (κ2) is 8.69. The summed E-state index contributed by atoms with van der Waals surface area (Å²) in [6.45, 7) is 13.1. The highest BCUT2D eigenvalue weighted by Gasteiger charge is 2.55. The van der Waals surface area contributed by atoms with Gasteiger partial charge in [-0.2, -0.15) is 0 Å². The van der Waals surface area contributed by atoms with Crippen molar-refractivity contribution in [3.8, 4) is 12.3 Å². The number of hydrogen-bond acceptors (Lipinski definition) is 3. The van der Waals surface area contributed by atoms with E-state index in [1.165, 1.54) is 16.7 Å². The molecule has 1 aromatic carbocycles. The van der Waals surface area contributed by atoms with Gasteiger partial charge in [-0.3, -0.25) is 4.79 Å². The van der Waals surface area contributed by atoms with Crippen LogP contribution in [0, 0.1) is 29.6 Å². The van der Waals surface area contributed by atoms with Crippen molar-refractivity contribution in [3.05, 3.63) is 34.4 Å². The fourth-order valence-electron chi connectivity index (χ4n) is 6.10. The third kappa shape index (κ3) is 4.00. The van der Waals surface area contributed by atoms with Crippen LogP contribution in [0.4, 0.5) is 0 Å². The first-order valence-electron chi connectivity index (χ1n) is 11.6. The predicted molar refractivity (Wildman–Crippen MR) is 125 cm³/mol. The van der Waals surface area contributed by atoms with Crippen LogP contribution in [-0.4, -0.2) is 23.4 Å². The van der Waals surface area contributed by atoms with E-state index in [-0.39, 0.29) is 23.9 Å². The van der Waals surface area contributed by atoms with Crippen molar-refractivity contribution in [1.29, 1.82) is 0 Å². The standard InChI is InChI=1S/C27H37NO3/c1-8-14-31-28-24(18(4)5)21-16-22-19(15-20(21)17(2)3)10-11-23-26(22,6)12-9-13-27(23,7)25(29)30/h1,15-18,23H,9-14H2,2-7H3,(H,29,30)/b28-24+/t23?,26-,27-/m1/s1. The summed E-state index contributed by atoms with van der Waals surface area (Å²) in [5.74, 6) is 2.48. The minimum atomic E-state index is -0.674. The van der Waals surface area contributed by atoms with E-state index in [0.29, 0.717) is 5.92 Å². The van der Waals surface area contributed by atoms with Gasteiger partial charge in [-0.05, 0) is 78.5 Å². The van der Waals surface area contributed by atoms with Gasteiger partial charge >= 0.3 is 5.97 Å². The second-order valence-corrected chi connectivity index (χ2v) is 10.4. The Bertz CT molecular complexity index is 923. The van der Waals surface area contributed by atoms with Crippen molar-refractivity contribution in [2.24, 2.45) is 22.4 Å². The zero-order valence-electron chi connectivity index (χ0n) is 19.9. The van der Waals surface area contributed by atoms with E-state index in [1.54, 1.807) is 0 Å². The maximum atomic E-state index is 12.3. The SMILES string of the molecule is C#CCO/N=C(/c1cc2c(cc1C(C)C)CCC1[C@](C)(C(=O)O)CCC[C@]21C)C(C)C. The third-order valence-corrected chi connectivity index (χ3v) is 7.77. The Balaban J connectivity index is 2.20. The average Bonchev–Trinajstić information content (AvgIpc) is 2.70. The minimum absolute atomic E-state index is 0.133. The number of fused-ring (bicyclic) bond motifs is 3. The Kier molecular flexibility index (Phi) is 6.56. The van der Waals surface area contributed by atoms with Gasteiger partial charge in [0.1, 0.15) is 0 Å². The van der Waals surface area contributed by atoms with Crippen molar-refractivity contribution in [2.75, 3.05) is 6.61 Å². The number of rotatable bonds is 6. The number of aryl methyl sites for hydroxylation is 1. The molecule has 1 saturated carbocycles. The van der Waals surface area contributed by atoms with Gasteiger partial charge in [0.05, 0.1) is 11.1 Å². The molecular weight excluding hydrogens is 386 g/mol. The summed E-state index contributed by atoms with van der Waals surface area (Å²) in [5.41, 5.74) is 5.15. The highest BCUT2D eigenvalue weighted by Crippen LogP contribution is 2.57. The molecule has 1 fully saturated rings. The topological polar surface area (TPSA) is 58.9 Å². The molecule has 0 radical (unpaired) electrons. The number of benzene rings is 1. The molecule has 1 aromatic rings. The fraction of sp³-hybridized carbons (Fsp3) is 0.630. The lowest BCUT2D eigenvalue weighted by Crippen LogP contribution is -2.52. The molecule has 2 aliphatic rings. The number of carboxylic acid groups (broad SMARTS) is 1. The molecule has 4 nitrogen and oxygen atoms in total. The van der Waals surface area contributed by atoms with Gasteiger partial charge in [0.15, 0.2) is 6.61 Å². The van der Waals surface area contributed by atoms with Crippen molar-refractivity contribution in [3.63, 3.8) is 0 Å². The Morgan fingerprint density at radius 1 is 1.29 bits per heavy atom. The smallest absolute Gasteiger partial charge is 0.309 e. The third-order valence-electron chi connectivity index (χ3n) is 7.77. The molecule has 168 valence electrons. The van der Waals surface area contributed by atoms with Gasteiger partial charge in [0.2, 0.25) is 0 Å². The maximum absolute atomic E-state index is 12.3. The molecule has 0 amide bonds. The molecule has 0 saturated heterocycles. The van der Waals surface area contributed by atoms with Crippen molar-refractivity contribution in [2.45, 2.75) is 85.0 Å². The van der Waals surface area contributed by atoms with E-state index >= 15 is 0 Å². The number of oxime groups is 1. The molecule has 3 atom stereocenters. The number of terminal acetylenes is 1. The van der Waals surface area contributed by atoms with E-state index in [0.717, 1.165) is 43.4 Å². The van der Waals surface area contributed by atoms with Gasteiger partial charge in [0.25, 0.3) is 0 Å². The van der Waals surface area contributed by atoms with Crippen molar-refractivity contribution < 1.29 is 14.7 Å². The summed E-state index contributed by atoms with van der Waals surface area (Å²) in [4.78, 5) is 17.7. The first kappa shape index (κ1) is 23.4. The molecule has 1 unspecified atom stereocenters. The first-order chi connectivity index (χ1) is 14.6. The molecule has 1 N–H and O–H groups in total. The van der Waals surface area contributed by atoms with Crippen LogP contribution in [0.1, 0.15) is 95.4 Å². The molecular formula is C27H37NO3. The number of carboxylic acids is 1. The molecule has 0 aliphatic heterocycles. The van der Waals surface area contributed by atoms with Gasteiger partial charge in [-0.1, -0.05) is 58.2 Å². The Hall–Kier alpha value is -2.28. The van der Waals surface area contributed by atoms with Gasteiger partial charge in [-0.25, -0.2) is 0 Å². The molecule has 0 bridgehead atoms. The van der Waals surface area contributed by atoms with Gasteiger partial charge in [-0.15, -0.1) is 6.42 Å². The summed E-state index contributed by atoms with van der Waals surface area (Å²) in [6, 6.07) is 4.66. The lowest BCUT2D eigenvalue weighted by atomic mass is 9.49. The summed E-state index contributed by atoms with van der Waals surface area (Å²) in [7, 11) is 0. The molecule has 31 heavy (non-hydrogen) atoms. The zero-order chi connectivity index (χ0) is 23.0. The number of nitrogens with zero attached hydrogens (tertiary/aromatic N) is 1. The molecule has 0 spiro atoms. The molecule has 3 rings (SSSR count). The Labute approximate surface area is 187 Å². The summed E-state index contributed by atoms with van der Waals surface area (Å²) < 4.78 is 0. The first-order valence-corrected chi connectivity index (χ1v) is 11.6. The monoisotopic (exact) mass is 423 g/mol. The van der Waals surface area contributed by atoms with Crippen LogP contribution >= 0.6 is 0 Å². The van der Waals surface area contributed by atoms with Crippen molar-refractivity contribution >= 4 is 11.7 Å². The van der Waals surface area contributed by atoms with E-state index in [9.17, 15) is 9.90 Å². The van der Waals surface area contributed by atoms with Gasteiger partial charge < -0.3 is 9.94 Å². The summed E-state index contributed by atoms with van der Waals surface area (Å²) in [5, 5.41) is 14.5. The minimum Gasteiger partial charge on any atom is -0.481 e. The van der Waals surface area contributed by atoms with Crippen LogP contribution in [0.15, 0.2) is 17.3 Å². The number of carbonyl (C=O) groups is 1. The fourth-order valence-corrected chi connectivity index (χ4v) is 6.10. The van der Waals surface area contributed by atoms with E-state index in [1.807, 2.05) is 6.92 Å². The molecule has 0 heterocycles. The molecule has 4 heteroatoms. The highest BCUT2D eigenvalue weighted by molar-refractivity contribution is 6.03. The molecule has 0 aromatic heterocycles. The van der Waals surface area contributed by atoms with Crippen LogP contribution in [0.25, 0.3) is 0 Å². The molecule has 2 aliphatic carbocycles. The van der Waals surface area contributed by atoms with E-state index < -0.39 is 11.4 Å². The number of aliphatic carboxylic acids is 1. The van der Waals surface area contributed by atoms with E-state index in [2.05, 4.69) is 57.8 Å². The summed E-state index contributed by atoms with van der Waals surface area (Å²) >= 11 is 0. The van der Waals surface area contributed by atoms with E-state index in [4.69, 9.17) is 11.3 Å². The maximum Gasteiger partial charge on any atom is 0.309 e. The largest absolute Gasteiger partial charge is 0.481 e. The van der Waals surface area contributed by atoms with Crippen LogP contribution in [0.3, 0.4) is 0 Å². The summed E-state index contributed by atoms with van der Waals surface area (Å²) in [6.07, 6.45) is 9.93. The second-order valence-electron chi connectivity index (χ2n) is 10.4. The van der Waals surface area contributed by atoms with Crippen LogP contribution < -0.4 is 0 Å². The average molecular weight is 424 g/mol. The van der Waals surface area contributed by atoms with Crippen molar-refractivity contribution in [1.82, 2.24) is 0 Å². The predicted octanol–water partition coefficient (Wildman–Crippen LogP) is 5.91. The Morgan fingerprint density at radius 2 is 2.00 bits per heavy atom.